The molecule has 1 N–H and O–H groups in total. The van der Waals surface area contributed by atoms with Crippen LogP contribution >= 0.6 is 0 Å². The number of carbonyl (C=O) groups is 1. The zero-order valence-corrected chi connectivity index (χ0v) is 8.47. The Kier molecular flexibility index (Phi) is 4.05. The van der Waals surface area contributed by atoms with Gasteiger partial charge in [-0.15, -0.1) is 0 Å². The van der Waals surface area contributed by atoms with Gasteiger partial charge in [0.05, 0.1) is 13.2 Å². The Labute approximate surface area is 86.9 Å². The molecular weight excluding hydrogens is 198 g/mol. The zero-order chi connectivity index (χ0) is 11.3. The van der Waals surface area contributed by atoms with Gasteiger partial charge < -0.3 is 14.4 Å². The molecule has 15 heavy (non-hydrogen) atoms. The van der Waals surface area contributed by atoms with Crippen molar-refractivity contribution >= 4 is 5.97 Å². The van der Waals surface area contributed by atoms with E-state index in [0.29, 0.717) is 6.54 Å². The third kappa shape index (κ3) is 2.92. The van der Waals surface area contributed by atoms with Crippen LogP contribution in [-0.2, 0) is 11.3 Å². The molecule has 1 aromatic heterocycles. The Hall–Kier alpha value is -1.62. The SMILES string of the molecule is CCOC(=O)c1cn(CCO)ccc1=O. The molecule has 5 heteroatoms. The highest BCUT2D eigenvalue weighted by atomic mass is 16.5. The Morgan fingerprint density at radius 2 is 2.33 bits per heavy atom. The van der Waals surface area contributed by atoms with Gasteiger partial charge in [0.15, 0.2) is 5.43 Å². The Morgan fingerprint density at radius 1 is 1.60 bits per heavy atom. The van der Waals surface area contributed by atoms with Gasteiger partial charge in [-0.3, -0.25) is 4.79 Å². The average molecular weight is 211 g/mol. The quantitative estimate of drug-likeness (QED) is 0.713. The van der Waals surface area contributed by atoms with Crippen LogP contribution in [0.2, 0.25) is 0 Å². The van der Waals surface area contributed by atoms with Crippen LogP contribution in [0.5, 0.6) is 0 Å². The Bertz CT molecular complexity index is 397. The number of carbonyl (C=O) groups excluding carboxylic acids is 1. The Balaban J connectivity index is 2.99. The van der Waals surface area contributed by atoms with E-state index in [4.69, 9.17) is 9.84 Å². The molecule has 0 saturated heterocycles. The van der Waals surface area contributed by atoms with Gasteiger partial charge in [0.1, 0.15) is 5.56 Å². The van der Waals surface area contributed by atoms with Crippen LogP contribution < -0.4 is 5.43 Å². The third-order valence-electron chi connectivity index (χ3n) is 1.83. The predicted octanol–water partition coefficient (Wildman–Crippen LogP) is 0.0173. The largest absolute Gasteiger partial charge is 0.462 e. The van der Waals surface area contributed by atoms with E-state index in [1.165, 1.54) is 18.5 Å². The fourth-order valence-corrected chi connectivity index (χ4v) is 1.14. The number of aliphatic hydroxyl groups excluding tert-OH is 1. The predicted molar refractivity (Wildman–Crippen MR) is 53.7 cm³/mol. The molecule has 0 unspecified atom stereocenters. The van der Waals surface area contributed by atoms with E-state index in [0.717, 1.165) is 0 Å². The molecule has 1 rings (SSSR count). The molecule has 5 nitrogen and oxygen atoms in total. The first-order valence-electron chi connectivity index (χ1n) is 4.67. The molecule has 82 valence electrons. The summed E-state index contributed by atoms with van der Waals surface area (Å²) < 4.78 is 6.29. The minimum absolute atomic E-state index is 0.00667. The standard InChI is InChI=1S/C10H13NO4/c1-2-15-10(14)8-7-11(5-6-12)4-3-9(8)13/h3-4,7,12H,2,5-6H2,1H3. The molecule has 0 radical (unpaired) electrons. The van der Waals surface area contributed by atoms with E-state index in [2.05, 4.69) is 0 Å². The van der Waals surface area contributed by atoms with Gasteiger partial charge in [0.2, 0.25) is 0 Å². The van der Waals surface area contributed by atoms with Gasteiger partial charge >= 0.3 is 5.97 Å². The monoisotopic (exact) mass is 211 g/mol. The maximum atomic E-state index is 11.3. The Morgan fingerprint density at radius 3 is 2.93 bits per heavy atom. The third-order valence-corrected chi connectivity index (χ3v) is 1.83. The summed E-state index contributed by atoms with van der Waals surface area (Å²) in [5, 5.41) is 8.71. The zero-order valence-electron chi connectivity index (χ0n) is 8.47. The van der Waals surface area contributed by atoms with Gasteiger partial charge in [0.25, 0.3) is 0 Å². The summed E-state index contributed by atoms with van der Waals surface area (Å²) in [5.41, 5.74) is -0.379. The number of ether oxygens (including phenoxy) is 1. The molecule has 0 spiro atoms. The first-order chi connectivity index (χ1) is 7.19. The van der Waals surface area contributed by atoms with Crippen LogP contribution in [0.15, 0.2) is 23.3 Å². The summed E-state index contributed by atoms with van der Waals surface area (Å²) >= 11 is 0. The van der Waals surface area contributed by atoms with E-state index in [1.807, 2.05) is 0 Å². The number of hydrogen-bond acceptors (Lipinski definition) is 4. The van der Waals surface area contributed by atoms with Gasteiger partial charge in [-0.1, -0.05) is 0 Å². The van der Waals surface area contributed by atoms with Crippen molar-refractivity contribution in [1.29, 1.82) is 0 Å². The van der Waals surface area contributed by atoms with Crippen molar-refractivity contribution in [2.45, 2.75) is 13.5 Å². The average Bonchev–Trinajstić information content (AvgIpc) is 2.21. The molecule has 0 aliphatic carbocycles. The first-order valence-corrected chi connectivity index (χ1v) is 4.67. The summed E-state index contributed by atoms with van der Waals surface area (Å²) in [6.45, 7) is 2.19. The van der Waals surface area contributed by atoms with Gasteiger partial charge in [-0.25, -0.2) is 4.79 Å². The summed E-state index contributed by atoms with van der Waals surface area (Å²) in [6, 6.07) is 1.28. The minimum atomic E-state index is -0.630. The van der Waals surface area contributed by atoms with Crippen LogP contribution in [0.4, 0.5) is 0 Å². The smallest absolute Gasteiger partial charge is 0.343 e. The number of rotatable bonds is 4. The summed E-state index contributed by atoms with van der Waals surface area (Å²) in [6.07, 6.45) is 2.90. The lowest BCUT2D eigenvalue weighted by Crippen LogP contribution is -2.19. The van der Waals surface area contributed by atoms with Crippen molar-refractivity contribution in [3.63, 3.8) is 0 Å². The fraction of sp³-hybridized carbons (Fsp3) is 0.400. The number of aromatic nitrogens is 1. The van der Waals surface area contributed by atoms with E-state index < -0.39 is 5.97 Å². The highest BCUT2D eigenvalue weighted by Crippen LogP contribution is 1.96. The summed E-state index contributed by atoms with van der Waals surface area (Å²) in [7, 11) is 0. The molecule has 0 bridgehead atoms. The van der Waals surface area contributed by atoms with Crippen molar-refractivity contribution in [3.05, 3.63) is 34.2 Å². The maximum Gasteiger partial charge on any atom is 0.343 e. The van der Waals surface area contributed by atoms with Crippen LogP contribution in [-0.4, -0.2) is 28.9 Å². The number of aliphatic hydroxyl groups is 1. The lowest BCUT2D eigenvalue weighted by atomic mass is 10.3. The van der Waals surface area contributed by atoms with Crippen molar-refractivity contribution in [2.24, 2.45) is 0 Å². The normalized spacial score (nSPS) is 10.0. The highest BCUT2D eigenvalue weighted by Gasteiger charge is 2.10. The van der Waals surface area contributed by atoms with Crippen molar-refractivity contribution < 1.29 is 14.6 Å². The lowest BCUT2D eigenvalue weighted by molar-refractivity contribution is 0.0523. The van der Waals surface area contributed by atoms with Crippen molar-refractivity contribution in [1.82, 2.24) is 4.57 Å². The van der Waals surface area contributed by atoms with E-state index in [1.54, 1.807) is 11.5 Å². The van der Waals surface area contributed by atoms with Crippen LogP contribution in [0.1, 0.15) is 17.3 Å². The van der Waals surface area contributed by atoms with Gasteiger partial charge in [0, 0.05) is 25.0 Å². The summed E-state index contributed by atoms with van der Waals surface area (Å²) in [5.74, 6) is -0.630. The molecule has 1 aromatic rings. The number of esters is 1. The molecule has 0 fully saturated rings. The molecule has 0 aliphatic rings. The number of hydrogen-bond donors (Lipinski definition) is 1. The molecule has 0 atom stereocenters. The molecule has 0 saturated carbocycles. The van der Waals surface area contributed by atoms with Gasteiger partial charge in [-0.2, -0.15) is 0 Å². The molecule has 1 heterocycles. The van der Waals surface area contributed by atoms with E-state index >= 15 is 0 Å². The highest BCUT2D eigenvalue weighted by molar-refractivity contribution is 5.88. The second-order valence-electron chi connectivity index (χ2n) is 2.90. The lowest BCUT2D eigenvalue weighted by Gasteiger charge is -2.06. The molecule has 0 aromatic carbocycles. The second kappa shape index (κ2) is 5.31. The topological polar surface area (TPSA) is 68.5 Å². The van der Waals surface area contributed by atoms with Crippen LogP contribution in [0, 0.1) is 0 Å². The fourth-order valence-electron chi connectivity index (χ4n) is 1.14. The van der Waals surface area contributed by atoms with Crippen molar-refractivity contribution in [2.75, 3.05) is 13.2 Å². The summed E-state index contributed by atoms with van der Waals surface area (Å²) in [4.78, 5) is 22.6. The van der Waals surface area contributed by atoms with Crippen molar-refractivity contribution in [3.8, 4) is 0 Å². The number of pyridine rings is 1. The van der Waals surface area contributed by atoms with E-state index in [-0.39, 0.29) is 24.2 Å². The molecular formula is C10H13NO4. The minimum Gasteiger partial charge on any atom is -0.462 e. The first kappa shape index (κ1) is 11.5. The number of nitrogens with zero attached hydrogens (tertiary/aromatic N) is 1. The van der Waals surface area contributed by atoms with Crippen LogP contribution in [0.3, 0.4) is 0 Å². The molecule has 0 aliphatic heterocycles. The van der Waals surface area contributed by atoms with E-state index in [9.17, 15) is 9.59 Å². The maximum absolute atomic E-state index is 11.3. The molecule has 0 amide bonds. The van der Waals surface area contributed by atoms with Gasteiger partial charge in [-0.05, 0) is 6.92 Å². The second-order valence-corrected chi connectivity index (χ2v) is 2.90. The van der Waals surface area contributed by atoms with Crippen LogP contribution in [0.25, 0.3) is 0 Å².